The molecule has 2 aromatic carbocycles. The Morgan fingerprint density at radius 1 is 1.06 bits per heavy atom. The van der Waals surface area contributed by atoms with Crippen molar-refractivity contribution in [3.63, 3.8) is 0 Å². The van der Waals surface area contributed by atoms with Crippen LogP contribution in [0.15, 0.2) is 60.1 Å². The van der Waals surface area contributed by atoms with E-state index in [4.69, 9.17) is 15.5 Å². The summed E-state index contributed by atoms with van der Waals surface area (Å²) in [5, 5.41) is 5.27. The summed E-state index contributed by atoms with van der Waals surface area (Å²) in [5.41, 5.74) is 10.6. The zero-order chi connectivity index (χ0) is 21.2. The summed E-state index contributed by atoms with van der Waals surface area (Å²) in [7, 11) is 0. The summed E-state index contributed by atoms with van der Waals surface area (Å²) in [5.74, 6) is 0.0468. The van der Waals surface area contributed by atoms with Crippen LogP contribution in [0.5, 0.6) is 0 Å². The SMILES string of the molecule is NC(=O)c1ccccc1-c1csc2cnc(Nc3ccc(N4CCOCC4)cc3)nc12. The standard InChI is InChI=1S/C23H21N5O2S/c24-22(29)18-4-2-1-3-17(18)19-14-31-20-13-25-23(27-21(19)20)26-15-5-7-16(8-6-15)28-9-11-30-12-10-28/h1-8,13-14H,9-12H2,(H2,24,29)(H,25,26,27). The summed E-state index contributed by atoms with van der Waals surface area (Å²) in [6, 6.07) is 15.5. The number of primary amides is 1. The first kappa shape index (κ1) is 19.5. The molecule has 1 amide bonds. The van der Waals surface area contributed by atoms with Crippen molar-refractivity contribution in [2.24, 2.45) is 5.73 Å². The molecule has 8 heteroatoms. The van der Waals surface area contributed by atoms with Crippen LogP contribution in [0.25, 0.3) is 21.3 Å². The van der Waals surface area contributed by atoms with Gasteiger partial charge in [0.1, 0.15) is 0 Å². The van der Waals surface area contributed by atoms with Crippen LogP contribution in [0.1, 0.15) is 10.4 Å². The van der Waals surface area contributed by atoms with Gasteiger partial charge in [0.2, 0.25) is 11.9 Å². The minimum Gasteiger partial charge on any atom is -0.378 e. The average Bonchev–Trinajstić information content (AvgIpc) is 3.23. The molecule has 156 valence electrons. The summed E-state index contributed by atoms with van der Waals surface area (Å²) in [6.45, 7) is 3.33. The van der Waals surface area contributed by atoms with E-state index in [9.17, 15) is 4.79 Å². The van der Waals surface area contributed by atoms with Gasteiger partial charge in [-0.2, -0.15) is 0 Å². The number of benzene rings is 2. The van der Waals surface area contributed by atoms with Crippen molar-refractivity contribution >= 4 is 44.8 Å². The van der Waals surface area contributed by atoms with Crippen LogP contribution in [-0.4, -0.2) is 42.2 Å². The molecular weight excluding hydrogens is 410 g/mol. The quantitative estimate of drug-likeness (QED) is 0.495. The van der Waals surface area contributed by atoms with E-state index in [1.165, 1.54) is 5.69 Å². The molecule has 0 saturated carbocycles. The zero-order valence-electron chi connectivity index (χ0n) is 16.7. The highest BCUT2D eigenvalue weighted by molar-refractivity contribution is 7.17. The maximum Gasteiger partial charge on any atom is 0.249 e. The molecule has 0 unspecified atom stereocenters. The molecule has 1 aliphatic heterocycles. The lowest BCUT2D eigenvalue weighted by Gasteiger charge is -2.28. The molecule has 4 aromatic rings. The minimum absolute atomic E-state index is 0.456. The Kier molecular flexibility index (Phi) is 5.23. The second-order valence-corrected chi connectivity index (χ2v) is 8.15. The lowest BCUT2D eigenvalue weighted by atomic mass is 10.0. The molecule has 2 aromatic heterocycles. The summed E-state index contributed by atoms with van der Waals surface area (Å²) < 4.78 is 6.37. The van der Waals surface area contributed by atoms with Crippen molar-refractivity contribution in [2.75, 3.05) is 36.5 Å². The monoisotopic (exact) mass is 431 g/mol. The van der Waals surface area contributed by atoms with Crippen molar-refractivity contribution in [3.05, 3.63) is 65.7 Å². The Morgan fingerprint density at radius 3 is 2.61 bits per heavy atom. The molecule has 0 aliphatic carbocycles. The van der Waals surface area contributed by atoms with Crippen LogP contribution in [0, 0.1) is 0 Å². The number of thiophene rings is 1. The fraction of sp³-hybridized carbons (Fsp3) is 0.174. The molecule has 7 nitrogen and oxygen atoms in total. The van der Waals surface area contributed by atoms with Gasteiger partial charge in [0.25, 0.3) is 0 Å². The highest BCUT2D eigenvalue weighted by atomic mass is 32.1. The first-order chi connectivity index (χ1) is 15.2. The van der Waals surface area contributed by atoms with E-state index in [0.717, 1.165) is 53.3 Å². The molecule has 0 spiro atoms. The number of rotatable bonds is 5. The van der Waals surface area contributed by atoms with Gasteiger partial charge >= 0.3 is 0 Å². The van der Waals surface area contributed by atoms with E-state index in [2.05, 4.69) is 27.3 Å². The van der Waals surface area contributed by atoms with Gasteiger partial charge in [0.05, 0.1) is 29.6 Å². The summed E-state index contributed by atoms with van der Waals surface area (Å²) in [4.78, 5) is 23.4. The molecule has 1 aliphatic rings. The van der Waals surface area contributed by atoms with Crippen molar-refractivity contribution < 1.29 is 9.53 Å². The summed E-state index contributed by atoms with van der Waals surface area (Å²) in [6.07, 6.45) is 1.80. The predicted octanol–water partition coefficient (Wildman–Crippen LogP) is 4.04. The molecule has 0 bridgehead atoms. The topological polar surface area (TPSA) is 93.4 Å². The maximum absolute atomic E-state index is 11.9. The molecule has 1 fully saturated rings. The van der Waals surface area contributed by atoms with Crippen molar-refractivity contribution in [1.29, 1.82) is 0 Å². The highest BCUT2D eigenvalue weighted by Gasteiger charge is 2.16. The van der Waals surface area contributed by atoms with Gasteiger partial charge in [-0.3, -0.25) is 4.79 Å². The fourth-order valence-corrected chi connectivity index (χ4v) is 4.58. The number of carbonyl (C=O) groups is 1. The molecule has 1 saturated heterocycles. The molecule has 31 heavy (non-hydrogen) atoms. The number of morpholine rings is 1. The van der Waals surface area contributed by atoms with E-state index < -0.39 is 5.91 Å². The Bertz CT molecular complexity index is 1230. The predicted molar refractivity (Wildman–Crippen MR) is 124 cm³/mol. The first-order valence-electron chi connectivity index (χ1n) is 10.0. The number of anilines is 3. The van der Waals surface area contributed by atoms with Crippen LogP contribution < -0.4 is 16.0 Å². The van der Waals surface area contributed by atoms with Crippen LogP contribution in [0.3, 0.4) is 0 Å². The van der Waals surface area contributed by atoms with Crippen LogP contribution in [0.4, 0.5) is 17.3 Å². The maximum atomic E-state index is 11.9. The van der Waals surface area contributed by atoms with Crippen molar-refractivity contribution in [1.82, 2.24) is 9.97 Å². The second kappa shape index (κ2) is 8.33. The number of fused-ring (bicyclic) bond motifs is 1. The number of hydrogen-bond acceptors (Lipinski definition) is 7. The smallest absolute Gasteiger partial charge is 0.249 e. The lowest BCUT2D eigenvalue weighted by Crippen LogP contribution is -2.36. The van der Waals surface area contributed by atoms with E-state index in [-0.39, 0.29) is 0 Å². The second-order valence-electron chi connectivity index (χ2n) is 7.24. The number of nitrogens with zero attached hydrogens (tertiary/aromatic N) is 3. The van der Waals surface area contributed by atoms with Gasteiger partial charge in [-0.1, -0.05) is 18.2 Å². The number of hydrogen-bond donors (Lipinski definition) is 2. The van der Waals surface area contributed by atoms with Crippen LogP contribution >= 0.6 is 11.3 Å². The van der Waals surface area contributed by atoms with Gasteiger partial charge in [-0.25, -0.2) is 9.97 Å². The van der Waals surface area contributed by atoms with Crippen molar-refractivity contribution in [2.45, 2.75) is 0 Å². The number of ether oxygens (including phenoxy) is 1. The molecule has 0 atom stereocenters. The van der Waals surface area contributed by atoms with E-state index in [1.807, 2.05) is 29.6 Å². The Morgan fingerprint density at radius 2 is 1.84 bits per heavy atom. The largest absolute Gasteiger partial charge is 0.378 e. The van der Waals surface area contributed by atoms with Gasteiger partial charge in [0, 0.05) is 41.0 Å². The third kappa shape index (κ3) is 3.95. The number of aromatic nitrogens is 2. The molecule has 3 N–H and O–H groups in total. The van der Waals surface area contributed by atoms with Gasteiger partial charge in [0.15, 0.2) is 0 Å². The molecule has 3 heterocycles. The van der Waals surface area contributed by atoms with E-state index >= 15 is 0 Å². The lowest BCUT2D eigenvalue weighted by molar-refractivity contribution is 0.100. The van der Waals surface area contributed by atoms with Crippen LogP contribution in [0.2, 0.25) is 0 Å². The number of nitrogens with two attached hydrogens (primary N) is 1. The highest BCUT2D eigenvalue weighted by Crippen LogP contribution is 2.35. The fourth-order valence-electron chi connectivity index (χ4n) is 3.72. The summed E-state index contributed by atoms with van der Waals surface area (Å²) >= 11 is 1.54. The normalized spacial score (nSPS) is 14.0. The zero-order valence-corrected chi connectivity index (χ0v) is 17.6. The average molecular weight is 432 g/mol. The number of amides is 1. The Labute approximate surface area is 183 Å². The Balaban J connectivity index is 1.43. The van der Waals surface area contributed by atoms with Gasteiger partial charge in [-0.05, 0) is 35.9 Å². The minimum atomic E-state index is -0.456. The third-order valence-electron chi connectivity index (χ3n) is 5.30. The Hall–Kier alpha value is -3.49. The van der Waals surface area contributed by atoms with Crippen molar-refractivity contribution in [3.8, 4) is 11.1 Å². The van der Waals surface area contributed by atoms with Crippen LogP contribution in [-0.2, 0) is 4.74 Å². The number of nitrogens with one attached hydrogen (secondary N) is 1. The number of carbonyl (C=O) groups excluding carboxylic acids is 1. The van der Waals surface area contributed by atoms with E-state index in [0.29, 0.717) is 11.5 Å². The van der Waals surface area contributed by atoms with Gasteiger partial charge < -0.3 is 20.7 Å². The third-order valence-corrected chi connectivity index (χ3v) is 6.20. The molecule has 0 radical (unpaired) electrons. The first-order valence-corrected chi connectivity index (χ1v) is 10.9. The molecule has 5 rings (SSSR count). The molecular formula is C23H21N5O2S. The van der Waals surface area contributed by atoms with Gasteiger partial charge in [-0.15, -0.1) is 11.3 Å². The van der Waals surface area contributed by atoms with E-state index in [1.54, 1.807) is 29.7 Å².